The lowest BCUT2D eigenvalue weighted by molar-refractivity contribution is -0.117. The average Bonchev–Trinajstić information content (AvgIpc) is 3.06. The Kier molecular flexibility index (Phi) is 6.33. The van der Waals surface area contributed by atoms with E-state index in [1.807, 2.05) is 0 Å². The minimum Gasteiger partial charge on any atom is -0.295 e. The molecule has 0 saturated heterocycles. The lowest BCUT2D eigenvalue weighted by Crippen LogP contribution is -2.51. The van der Waals surface area contributed by atoms with Crippen LogP contribution in [0, 0.1) is 52.3 Å². The van der Waals surface area contributed by atoms with Gasteiger partial charge in [0.25, 0.3) is 0 Å². The summed E-state index contributed by atoms with van der Waals surface area (Å²) in [4.78, 5) is 12.1. The molecule has 30 heavy (non-hydrogen) atoms. The zero-order valence-corrected chi connectivity index (χ0v) is 20.8. The fraction of sp³-hybridized carbons (Fsp3) is 0.897. The molecule has 170 valence electrons. The highest BCUT2D eigenvalue weighted by molar-refractivity contribution is 5.91. The molecule has 0 spiro atoms. The number of allylic oxidation sites excluding steroid dienone is 1. The van der Waals surface area contributed by atoms with Crippen molar-refractivity contribution in [2.75, 3.05) is 0 Å². The Balaban J connectivity index is 1.48. The van der Waals surface area contributed by atoms with Gasteiger partial charge in [0.15, 0.2) is 5.78 Å². The molecule has 0 N–H and O–H groups in total. The first kappa shape index (κ1) is 22.6. The van der Waals surface area contributed by atoms with E-state index in [0.29, 0.717) is 16.6 Å². The molecular weight excluding hydrogens is 364 g/mol. The van der Waals surface area contributed by atoms with Gasteiger partial charge in [-0.15, -0.1) is 0 Å². The second-order valence-electron chi connectivity index (χ2n) is 12.7. The van der Waals surface area contributed by atoms with Gasteiger partial charge in [-0.25, -0.2) is 0 Å². The van der Waals surface area contributed by atoms with Gasteiger partial charge in [0, 0.05) is 6.42 Å². The number of carbonyl (C=O) groups is 1. The first-order chi connectivity index (χ1) is 14.2. The van der Waals surface area contributed by atoms with E-state index < -0.39 is 0 Å². The number of hydrogen-bond donors (Lipinski definition) is 0. The van der Waals surface area contributed by atoms with Gasteiger partial charge in [0.2, 0.25) is 0 Å². The van der Waals surface area contributed by atoms with Gasteiger partial charge >= 0.3 is 0 Å². The number of rotatable bonds is 6. The van der Waals surface area contributed by atoms with Crippen LogP contribution in [0.15, 0.2) is 11.6 Å². The Morgan fingerprint density at radius 2 is 1.73 bits per heavy atom. The van der Waals surface area contributed by atoms with Crippen LogP contribution in [0.2, 0.25) is 0 Å². The van der Waals surface area contributed by atoms with Crippen LogP contribution < -0.4 is 0 Å². The third kappa shape index (κ3) is 3.65. The second kappa shape index (κ2) is 8.40. The van der Waals surface area contributed by atoms with E-state index in [2.05, 4.69) is 47.6 Å². The summed E-state index contributed by atoms with van der Waals surface area (Å²) in [5, 5.41) is 0. The summed E-state index contributed by atoms with van der Waals surface area (Å²) in [6, 6.07) is 0. The van der Waals surface area contributed by atoms with E-state index in [1.165, 1.54) is 63.4 Å². The van der Waals surface area contributed by atoms with Crippen molar-refractivity contribution in [3.8, 4) is 0 Å². The minimum absolute atomic E-state index is 0.327. The Bertz CT molecular complexity index is 674. The van der Waals surface area contributed by atoms with Crippen molar-refractivity contribution in [2.45, 2.75) is 112 Å². The summed E-state index contributed by atoms with van der Waals surface area (Å²) in [6.45, 7) is 15.0. The summed E-state index contributed by atoms with van der Waals surface area (Å²) < 4.78 is 0. The molecule has 4 rings (SSSR count). The molecule has 0 unspecified atom stereocenters. The van der Waals surface area contributed by atoms with E-state index >= 15 is 0 Å². The SMILES string of the molecule is CC[C@H](CC[C@@H](C)[C@H]1CC[C@H]2[C@@H]3CCC4=CC(=O)CC[C@]4(C)[C@@H]3CC[C@@]12C)C(C)C. The molecule has 1 heteroatoms. The lowest BCUT2D eigenvalue weighted by Gasteiger charge is -2.58. The van der Waals surface area contributed by atoms with Crippen LogP contribution in [0.3, 0.4) is 0 Å². The standard InChI is InChI=1S/C29H48O/c1-7-21(19(2)3)9-8-20(4)25-12-13-26-24-11-10-22-18-23(30)14-16-28(22,5)27(24)15-17-29(25,26)6/h18-21,24-27H,7-17H2,1-6H3/t20-,21-,24+,25-,26+,27-,28+,29+/m1/s1. The number of fused-ring (bicyclic) bond motifs is 5. The van der Waals surface area contributed by atoms with Crippen molar-refractivity contribution >= 4 is 5.78 Å². The Morgan fingerprint density at radius 1 is 0.967 bits per heavy atom. The summed E-state index contributed by atoms with van der Waals surface area (Å²) in [5.74, 6) is 6.63. The molecule has 0 aromatic carbocycles. The van der Waals surface area contributed by atoms with E-state index in [9.17, 15) is 4.79 Å². The quantitative estimate of drug-likeness (QED) is 0.429. The van der Waals surface area contributed by atoms with Gasteiger partial charge in [-0.2, -0.15) is 0 Å². The van der Waals surface area contributed by atoms with Crippen molar-refractivity contribution in [3.05, 3.63) is 11.6 Å². The molecule has 0 bridgehead atoms. The molecular formula is C29H48O. The zero-order chi connectivity index (χ0) is 21.7. The fourth-order valence-electron chi connectivity index (χ4n) is 9.22. The fourth-order valence-corrected chi connectivity index (χ4v) is 9.22. The maximum Gasteiger partial charge on any atom is 0.155 e. The summed E-state index contributed by atoms with van der Waals surface area (Å²) >= 11 is 0. The van der Waals surface area contributed by atoms with Crippen LogP contribution in [0.1, 0.15) is 112 Å². The van der Waals surface area contributed by atoms with Gasteiger partial charge < -0.3 is 0 Å². The van der Waals surface area contributed by atoms with Gasteiger partial charge in [0.05, 0.1) is 0 Å². The molecule has 8 atom stereocenters. The monoisotopic (exact) mass is 412 g/mol. The maximum absolute atomic E-state index is 12.1. The molecule has 1 nitrogen and oxygen atoms in total. The summed E-state index contributed by atoms with van der Waals surface area (Å²) in [7, 11) is 0. The largest absolute Gasteiger partial charge is 0.295 e. The van der Waals surface area contributed by atoms with Crippen molar-refractivity contribution in [1.29, 1.82) is 0 Å². The second-order valence-corrected chi connectivity index (χ2v) is 12.7. The lowest BCUT2D eigenvalue weighted by atomic mass is 9.46. The van der Waals surface area contributed by atoms with Crippen LogP contribution in [0.25, 0.3) is 0 Å². The molecule has 0 aliphatic heterocycles. The molecule has 3 saturated carbocycles. The van der Waals surface area contributed by atoms with Crippen molar-refractivity contribution in [1.82, 2.24) is 0 Å². The van der Waals surface area contributed by atoms with E-state index in [4.69, 9.17) is 0 Å². The van der Waals surface area contributed by atoms with Crippen LogP contribution in [0.5, 0.6) is 0 Å². The average molecular weight is 413 g/mol. The van der Waals surface area contributed by atoms with Crippen molar-refractivity contribution < 1.29 is 4.79 Å². The molecule has 3 fully saturated rings. The highest BCUT2D eigenvalue weighted by Gasteiger charge is 2.59. The first-order valence-electron chi connectivity index (χ1n) is 13.4. The normalized spacial score (nSPS) is 42.9. The smallest absolute Gasteiger partial charge is 0.155 e. The van der Waals surface area contributed by atoms with Crippen LogP contribution in [-0.4, -0.2) is 5.78 Å². The topological polar surface area (TPSA) is 17.1 Å². The summed E-state index contributed by atoms with van der Waals surface area (Å²) in [5.41, 5.74) is 2.42. The molecule has 0 radical (unpaired) electrons. The third-order valence-corrected chi connectivity index (χ3v) is 11.2. The van der Waals surface area contributed by atoms with E-state index in [-0.39, 0.29) is 0 Å². The maximum atomic E-state index is 12.1. The Labute approximate surface area is 186 Å². The first-order valence-corrected chi connectivity index (χ1v) is 13.4. The van der Waals surface area contributed by atoms with Crippen molar-refractivity contribution in [3.63, 3.8) is 0 Å². The van der Waals surface area contributed by atoms with Gasteiger partial charge in [-0.05, 0) is 110 Å². The molecule has 4 aliphatic rings. The minimum atomic E-state index is 0.327. The molecule has 4 aliphatic carbocycles. The molecule has 0 amide bonds. The van der Waals surface area contributed by atoms with E-state index in [1.54, 1.807) is 0 Å². The Morgan fingerprint density at radius 3 is 2.43 bits per heavy atom. The number of hydrogen-bond acceptors (Lipinski definition) is 1. The number of ketones is 1. The van der Waals surface area contributed by atoms with Crippen LogP contribution >= 0.6 is 0 Å². The predicted molar refractivity (Wildman–Crippen MR) is 127 cm³/mol. The third-order valence-electron chi connectivity index (χ3n) is 11.2. The zero-order valence-electron chi connectivity index (χ0n) is 20.8. The van der Waals surface area contributed by atoms with Crippen LogP contribution in [0.4, 0.5) is 0 Å². The predicted octanol–water partition coefficient (Wildman–Crippen LogP) is 8.23. The van der Waals surface area contributed by atoms with Crippen molar-refractivity contribution in [2.24, 2.45) is 52.3 Å². The van der Waals surface area contributed by atoms with Crippen LogP contribution in [-0.2, 0) is 4.79 Å². The molecule has 0 aromatic heterocycles. The molecule has 0 aromatic rings. The highest BCUT2D eigenvalue weighted by atomic mass is 16.1. The number of carbonyl (C=O) groups excluding carboxylic acids is 1. The van der Waals surface area contributed by atoms with Gasteiger partial charge in [-0.1, -0.05) is 60.0 Å². The summed E-state index contributed by atoms with van der Waals surface area (Å²) in [6.07, 6.45) is 16.5. The Hall–Kier alpha value is -0.590. The highest BCUT2D eigenvalue weighted by Crippen LogP contribution is 2.67. The van der Waals surface area contributed by atoms with Gasteiger partial charge in [0.1, 0.15) is 0 Å². The molecule has 0 heterocycles. The van der Waals surface area contributed by atoms with E-state index in [0.717, 1.165) is 54.3 Å². The van der Waals surface area contributed by atoms with Gasteiger partial charge in [-0.3, -0.25) is 4.79 Å².